The number of rotatable bonds is 5. The first-order chi connectivity index (χ1) is 10.8. The molecular weight excluding hydrogens is 302 g/mol. The van der Waals surface area contributed by atoms with E-state index >= 15 is 0 Å². The van der Waals surface area contributed by atoms with Crippen molar-refractivity contribution in [3.05, 3.63) is 29.5 Å². The number of hydrogen-bond donors (Lipinski definition) is 1. The Morgan fingerprint density at radius 2 is 2.32 bits per heavy atom. The molecular formula is C14H17N5O2S. The predicted octanol–water partition coefficient (Wildman–Crippen LogP) is 1.99. The van der Waals surface area contributed by atoms with Crippen molar-refractivity contribution in [2.75, 3.05) is 25.6 Å². The lowest BCUT2D eigenvalue weighted by Gasteiger charge is -2.22. The molecule has 8 heteroatoms. The highest BCUT2D eigenvalue weighted by atomic mass is 32.1. The minimum atomic E-state index is 0.0129. The van der Waals surface area contributed by atoms with Gasteiger partial charge >= 0.3 is 0 Å². The molecule has 22 heavy (non-hydrogen) atoms. The molecule has 2 aromatic rings. The van der Waals surface area contributed by atoms with Crippen molar-refractivity contribution >= 4 is 28.3 Å². The van der Waals surface area contributed by atoms with Gasteiger partial charge in [-0.2, -0.15) is 0 Å². The Bertz CT molecular complexity index is 633. The average Bonchev–Trinajstić information content (AvgIpc) is 3.17. The van der Waals surface area contributed by atoms with E-state index in [0.717, 1.165) is 30.2 Å². The molecule has 7 nitrogen and oxygen atoms in total. The van der Waals surface area contributed by atoms with Gasteiger partial charge < -0.3 is 15.0 Å². The standard InChI is InChI=1S/C14H17N5O2S/c1-21-8-12(20)19-7-2-4-11(19)10-9-22-14(17-10)18-13-15-5-3-6-16-13/h3,5-6,9,11H,2,4,7-8H2,1H3,(H,15,16,17,18)/t11-/m1/s1. The van der Waals surface area contributed by atoms with Crippen LogP contribution >= 0.6 is 11.3 Å². The highest BCUT2D eigenvalue weighted by Crippen LogP contribution is 2.34. The second kappa shape index (κ2) is 6.80. The molecule has 1 aliphatic heterocycles. The fourth-order valence-electron chi connectivity index (χ4n) is 2.54. The van der Waals surface area contributed by atoms with Gasteiger partial charge in [-0.3, -0.25) is 4.79 Å². The number of ether oxygens (including phenoxy) is 1. The lowest BCUT2D eigenvalue weighted by Crippen LogP contribution is -2.33. The molecule has 1 fully saturated rings. The first-order valence-electron chi connectivity index (χ1n) is 7.06. The number of amides is 1. The monoisotopic (exact) mass is 319 g/mol. The summed E-state index contributed by atoms with van der Waals surface area (Å²) in [7, 11) is 1.54. The Balaban J connectivity index is 1.71. The number of nitrogens with zero attached hydrogens (tertiary/aromatic N) is 4. The van der Waals surface area contributed by atoms with Crippen LogP contribution in [0.2, 0.25) is 0 Å². The number of methoxy groups -OCH3 is 1. The number of likely N-dealkylation sites (tertiary alicyclic amines) is 1. The Morgan fingerprint density at radius 3 is 3.09 bits per heavy atom. The number of carbonyl (C=O) groups excluding carboxylic acids is 1. The summed E-state index contributed by atoms with van der Waals surface area (Å²) in [6, 6.07) is 1.79. The minimum Gasteiger partial charge on any atom is -0.375 e. The van der Waals surface area contributed by atoms with Crippen LogP contribution in [-0.4, -0.2) is 46.0 Å². The normalized spacial score (nSPS) is 17.7. The molecule has 0 unspecified atom stereocenters. The van der Waals surface area contributed by atoms with E-state index < -0.39 is 0 Å². The summed E-state index contributed by atoms with van der Waals surface area (Å²) in [6.45, 7) is 0.874. The van der Waals surface area contributed by atoms with Crippen molar-refractivity contribution in [3.63, 3.8) is 0 Å². The van der Waals surface area contributed by atoms with E-state index in [1.54, 1.807) is 18.5 Å². The van der Waals surface area contributed by atoms with Crippen LogP contribution in [0.5, 0.6) is 0 Å². The summed E-state index contributed by atoms with van der Waals surface area (Å²) in [6.07, 6.45) is 5.26. The van der Waals surface area contributed by atoms with Gasteiger partial charge in [-0.05, 0) is 18.9 Å². The third-order valence-electron chi connectivity index (χ3n) is 3.49. The molecule has 1 N–H and O–H groups in total. The maximum atomic E-state index is 12.1. The lowest BCUT2D eigenvalue weighted by atomic mass is 10.2. The molecule has 0 spiro atoms. The number of anilines is 2. The van der Waals surface area contributed by atoms with E-state index in [1.165, 1.54) is 18.4 Å². The Kier molecular flexibility index (Phi) is 4.59. The van der Waals surface area contributed by atoms with Gasteiger partial charge in [0.1, 0.15) is 6.61 Å². The van der Waals surface area contributed by atoms with Crippen molar-refractivity contribution in [2.24, 2.45) is 0 Å². The summed E-state index contributed by atoms with van der Waals surface area (Å²) in [5.41, 5.74) is 0.908. The smallest absolute Gasteiger partial charge is 0.249 e. The minimum absolute atomic E-state index is 0.0129. The van der Waals surface area contributed by atoms with E-state index in [2.05, 4.69) is 20.3 Å². The van der Waals surface area contributed by atoms with E-state index in [4.69, 9.17) is 4.74 Å². The third kappa shape index (κ3) is 3.23. The summed E-state index contributed by atoms with van der Waals surface area (Å²) < 4.78 is 4.95. The Labute approximate surface area is 132 Å². The topological polar surface area (TPSA) is 80.2 Å². The zero-order chi connectivity index (χ0) is 15.4. The Morgan fingerprint density at radius 1 is 1.50 bits per heavy atom. The lowest BCUT2D eigenvalue weighted by molar-refractivity contribution is -0.136. The predicted molar refractivity (Wildman–Crippen MR) is 83.0 cm³/mol. The van der Waals surface area contributed by atoms with Gasteiger partial charge in [0.15, 0.2) is 5.13 Å². The molecule has 3 heterocycles. The molecule has 1 aliphatic rings. The fourth-order valence-corrected chi connectivity index (χ4v) is 3.29. The van der Waals surface area contributed by atoms with Crippen molar-refractivity contribution in [1.82, 2.24) is 19.9 Å². The molecule has 2 aromatic heterocycles. The van der Waals surface area contributed by atoms with Crippen LogP contribution in [0.3, 0.4) is 0 Å². The van der Waals surface area contributed by atoms with E-state index in [9.17, 15) is 4.79 Å². The molecule has 0 aliphatic carbocycles. The summed E-state index contributed by atoms with van der Waals surface area (Å²) in [5.74, 6) is 0.529. The number of carbonyl (C=O) groups is 1. The average molecular weight is 319 g/mol. The number of hydrogen-bond acceptors (Lipinski definition) is 7. The maximum Gasteiger partial charge on any atom is 0.249 e. The van der Waals surface area contributed by atoms with Crippen LogP contribution in [0.25, 0.3) is 0 Å². The van der Waals surface area contributed by atoms with E-state index in [-0.39, 0.29) is 18.6 Å². The van der Waals surface area contributed by atoms with Crippen molar-refractivity contribution in [3.8, 4) is 0 Å². The number of nitrogens with one attached hydrogen (secondary N) is 1. The SMILES string of the molecule is COCC(=O)N1CCC[C@@H]1c1csc(Nc2ncccn2)n1. The van der Waals surface area contributed by atoms with Gasteiger partial charge in [-0.25, -0.2) is 15.0 Å². The molecule has 1 amide bonds. The molecule has 0 aromatic carbocycles. The highest BCUT2D eigenvalue weighted by molar-refractivity contribution is 7.13. The molecule has 1 atom stereocenters. The van der Waals surface area contributed by atoms with E-state index in [0.29, 0.717) is 5.95 Å². The largest absolute Gasteiger partial charge is 0.375 e. The van der Waals surface area contributed by atoms with Crippen molar-refractivity contribution in [2.45, 2.75) is 18.9 Å². The zero-order valence-corrected chi connectivity index (χ0v) is 13.0. The maximum absolute atomic E-state index is 12.1. The number of aromatic nitrogens is 3. The van der Waals surface area contributed by atoms with Crippen molar-refractivity contribution < 1.29 is 9.53 Å². The van der Waals surface area contributed by atoms with Crippen LogP contribution in [0.15, 0.2) is 23.8 Å². The van der Waals surface area contributed by atoms with Crippen LogP contribution in [0.4, 0.5) is 11.1 Å². The summed E-state index contributed by atoms with van der Waals surface area (Å²) >= 11 is 1.49. The first kappa shape index (κ1) is 14.9. The van der Waals surface area contributed by atoms with Gasteiger partial charge in [0, 0.05) is 31.4 Å². The van der Waals surface area contributed by atoms with Crippen LogP contribution < -0.4 is 5.32 Å². The Hall–Kier alpha value is -2.06. The second-order valence-corrected chi connectivity index (χ2v) is 5.81. The van der Waals surface area contributed by atoms with Crippen LogP contribution in [-0.2, 0) is 9.53 Å². The van der Waals surface area contributed by atoms with Gasteiger partial charge in [-0.1, -0.05) is 0 Å². The van der Waals surface area contributed by atoms with Crippen LogP contribution in [0.1, 0.15) is 24.6 Å². The van der Waals surface area contributed by atoms with Crippen LogP contribution in [0, 0.1) is 0 Å². The molecule has 3 rings (SSSR count). The van der Waals surface area contributed by atoms with Gasteiger partial charge in [0.2, 0.25) is 11.9 Å². The third-order valence-corrected chi connectivity index (χ3v) is 4.26. The van der Waals surface area contributed by atoms with E-state index in [1.807, 2.05) is 10.3 Å². The van der Waals surface area contributed by atoms with Crippen molar-refractivity contribution in [1.29, 1.82) is 0 Å². The first-order valence-corrected chi connectivity index (χ1v) is 7.94. The summed E-state index contributed by atoms with van der Waals surface area (Å²) in [4.78, 5) is 26.7. The molecule has 116 valence electrons. The molecule has 0 bridgehead atoms. The molecule has 0 radical (unpaired) electrons. The highest BCUT2D eigenvalue weighted by Gasteiger charge is 2.31. The molecule has 1 saturated heterocycles. The fraction of sp³-hybridized carbons (Fsp3) is 0.429. The zero-order valence-electron chi connectivity index (χ0n) is 12.2. The molecule has 0 saturated carbocycles. The number of thiazole rings is 1. The van der Waals surface area contributed by atoms with Gasteiger partial charge in [-0.15, -0.1) is 11.3 Å². The summed E-state index contributed by atoms with van der Waals surface area (Å²) in [5, 5.41) is 5.78. The van der Waals surface area contributed by atoms with Gasteiger partial charge in [0.25, 0.3) is 0 Å². The second-order valence-electron chi connectivity index (χ2n) is 4.95. The quantitative estimate of drug-likeness (QED) is 0.908. The van der Waals surface area contributed by atoms with Gasteiger partial charge in [0.05, 0.1) is 11.7 Å².